The van der Waals surface area contributed by atoms with Gasteiger partial charge in [0, 0.05) is 5.56 Å². The van der Waals surface area contributed by atoms with Gasteiger partial charge in [0.05, 0.1) is 21.3 Å². The van der Waals surface area contributed by atoms with Crippen molar-refractivity contribution < 1.29 is 14.5 Å². The first-order valence-electron chi connectivity index (χ1n) is 7.19. The summed E-state index contributed by atoms with van der Waals surface area (Å²) in [7, 11) is 0. The molecule has 2 aromatic carbocycles. The molecule has 124 valence electrons. The van der Waals surface area contributed by atoms with Gasteiger partial charge in [-0.1, -0.05) is 35.3 Å². The van der Waals surface area contributed by atoms with E-state index in [4.69, 9.17) is 28.5 Å². The Morgan fingerprint density at radius 2 is 2.04 bits per heavy atom. The van der Waals surface area contributed by atoms with E-state index >= 15 is 0 Å². The largest absolute Gasteiger partial charge is 0.332 e. The van der Waals surface area contributed by atoms with E-state index in [1.165, 1.54) is 12.1 Å². The Morgan fingerprint density at radius 1 is 1.33 bits per heavy atom. The number of hydrogen-bond acceptors (Lipinski definition) is 2. The number of benzene rings is 2. The summed E-state index contributed by atoms with van der Waals surface area (Å²) < 4.78 is 13.6. The summed E-state index contributed by atoms with van der Waals surface area (Å²) in [5, 5.41) is 13.7. The molecule has 0 unspecified atom stereocenters. The molecule has 0 spiro atoms. The Hall–Kier alpha value is -2.13. The quantitative estimate of drug-likeness (QED) is 0.797. The second kappa shape index (κ2) is 8.11. The maximum atomic E-state index is 13.6. The average Bonchev–Trinajstić information content (AvgIpc) is 2.56. The molecule has 4 nitrogen and oxygen atoms in total. The van der Waals surface area contributed by atoms with Crippen LogP contribution in [-0.2, 0) is 4.79 Å². The molecular weight excluding hydrogens is 352 g/mol. The highest BCUT2D eigenvalue weighted by Gasteiger charge is 2.17. The van der Waals surface area contributed by atoms with Gasteiger partial charge in [0.25, 0.3) is 5.91 Å². The van der Waals surface area contributed by atoms with Crippen LogP contribution < -0.4 is 10.6 Å². The van der Waals surface area contributed by atoms with E-state index in [2.05, 4.69) is 5.32 Å². The summed E-state index contributed by atoms with van der Waals surface area (Å²) in [5.74, 6) is -0.821. The number of hydrogen-bond donors (Lipinski definition) is 2. The number of amides is 1. The Bertz CT molecular complexity index is 805. The van der Waals surface area contributed by atoms with Crippen molar-refractivity contribution in [2.75, 3.05) is 11.9 Å². The Morgan fingerprint density at radius 3 is 2.75 bits per heavy atom. The smallest absolute Gasteiger partial charge is 0.279 e. The minimum absolute atomic E-state index is 0.0400. The van der Waals surface area contributed by atoms with Gasteiger partial charge in [0.15, 0.2) is 6.54 Å². The number of quaternary nitrogens is 1. The zero-order valence-electron chi connectivity index (χ0n) is 12.8. The highest BCUT2D eigenvalue weighted by molar-refractivity contribution is 6.35. The number of nitrogens with zero attached hydrogens (tertiary/aromatic N) is 1. The minimum atomic E-state index is -0.552. The molecule has 1 amide bonds. The van der Waals surface area contributed by atoms with Crippen molar-refractivity contribution in [3.05, 3.63) is 63.4 Å². The van der Waals surface area contributed by atoms with E-state index in [0.29, 0.717) is 21.8 Å². The summed E-state index contributed by atoms with van der Waals surface area (Å²) in [5.41, 5.74) is 1.41. The zero-order chi connectivity index (χ0) is 17.7. The molecule has 0 heterocycles. The van der Waals surface area contributed by atoms with Gasteiger partial charge in [-0.25, -0.2) is 4.39 Å². The van der Waals surface area contributed by atoms with Crippen molar-refractivity contribution in [3.63, 3.8) is 0 Å². The summed E-state index contributed by atoms with van der Waals surface area (Å²) in [6.45, 7) is 1.91. The van der Waals surface area contributed by atoms with Crippen molar-refractivity contribution in [1.29, 1.82) is 5.26 Å². The second-order valence-electron chi connectivity index (χ2n) is 5.22. The van der Waals surface area contributed by atoms with Crippen LogP contribution in [0.25, 0.3) is 0 Å². The van der Waals surface area contributed by atoms with Gasteiger partial charge in [0.1, 0.15) is 17.9 Å². The Kier molecular flexibility index (Phi) is 6.16. The van der Waals surface area contributed by atoms with Gasteiger partial charge < -0.3 is 10.6 Å². The molecule has 0 saturated carbocycles. The number of carbonyl (C=O) groups excluding carboxylic acids is 1. The molecule has 0 aliphatic rings. The van der Waals surface area contributed by atoms with Crippen LogP contribution >= 0.6 is 23.2 Å². The third-order valence-electron chi connectivity index (χ3n) is 3.51. The van der Waals surface area contributed by atoms with Crippen molar-refractivity contribution in [2.24, 2.45) is 0 Å². The number of halogens is 3. The fraction of sp³-hybridized carbons (Fsp3) is 0.176. The fourth-order valence-corrected chi connectivity index (χ4v) is 2.74. The molecular formula is C17H15Cl2FN3O+. The highest BCUT2D eigenvalue weighted by atomic mass is 35.5. The van der Waals surface area contributed by atoms with Crippen LogP contribution in [0.5, 0.6) is 0 Å². The third kappa shape index (κ3) is 4.45. The number of nitriles is 1. The maximum Gasteiger partial charge on any atom is 0.279 e. The van der Waals surface area contributed by atoms with Gasteiger partial charge in [-0.05, 0) is 31.2 Å². The summed E-state index contributed by atoms with van der Waals surface area (Å²) in [6, 6.07) is 11.1. The molecule has 3 N–H and O–H groups in total. The normalized spacial score (nSPS) is 11.6. The SMILES string of the molecule is C[C@H]([NH2+]CC(=O)Nc1ccccc1C#N)c1cc(F)c(Cl)cc1Cl. The summed E-state index contributed by atoms with van der Waals surface area (Å²) >= 11 is 11.8. The number of nitrogens with two attached hydrogens (primary N) is 1. The van der Waals surface area contributed by atoms with E-state index in [1.807, 2.05) is 13.0 Å². The molecule has 0 aromatic heterocycles. The van der Waals surface area contributed by atoms with E-state index in [0.717, 1.165) is 0 Å². The van der Waals surface area contributed by atoms with Gasteiger partial charge in [-0.3, -0.25) is 4.79 Å². The monoisotopic (exact) mass is 366 g/mol. The number of anilines is 1. The first-order valence-corrected chi connectivity index (χ1v) is 7.94. The van der Waals surface area contributed by atoms with Crippen molar-refractivity contribution in [2.45, 2.75) is 13.0 Å². The first kappa shape index (κ1) is 18.2. The Balaban J connectivity index is 1.99. The van der Waals surface area contributed by atoms with Crippen molar-refractivity contribution >= 4 is 34.8 Å². The molecule has 0 bridgehead atoms. The molecule has 1 atom stereocenters. The predicted octanol–water partition coefficient (Wildman–Crippen LogP) is 3.27. The standard InChI is InChI=1S/C17H14Cl2FN3O/c1-10(12-6-15(20)14(19)7-13(12)18)22-9-17(24)23-16-5-3-2-4-11(16)8-21/h2-7,10,22H,9H2,1H3,(H,23,24)/p+1/t10-/m0/s1. The Labute approximate surface area is 149 Å². The molecule has 0 aliphatic heterocycles. The topological polar surface area (TPSA) is 69.5 Å². The average molecular weight is 367 g/mol. The molecule has 24 heavy (non-hydrogen) atoms. The highest BCUT2D eigenvalue weighted by Crippen LogP contribution is 2.27. The summed E-state index contributed by atoms with van der Waals surface area (Å²) in [4.78, 5) is 12.0. The first-order chi connectivity index (χ1) is 11.4. The second-order valence-corrected chi connectivity index (χ2v) is 6.04. The van der Waals surface area contributed by atoms with Crippen LogP contribution in [0.15, 0.2) is 36.4 Å². The minimum Gasteiger partial charge on any atom is -0.332 e. The molecule has 2 rings (SSSR count). The number of nitrogens with one attached hydrogen (secondary N) is 1. The van der Waals surface area contributed by atoms with Crippen LogP contribution in [0.2, 0.25) is 10.0 Å². The van der Waals surface area contributed by atoms with Crippen LogP contribution in [0.3, 0.4) is 0 Å². The van der Waals surface area contributed by atoms with Gasteiger partial charge in [0.2, 0.25) is 0 Å². The van der Waals surface area contributed by atoms with E-state index in [1.54, 1.807) is 29.6 Å². The van der Waals surface area contributed by atoms with Gasteiger partial charge in [-0.2, -0.15) is 5.26 Å². The molecule has 2 aromatic rings. The molecule has 0 aliphatic carbocycles. The number of para-hydroxylation sites is 1. The fourth-order valence-electron chi connectivity index (χ4n) is 2.19. The van der Waals surface area contributed by atoms with E-state index in [-0.39, 0.29) is 23.5 Å². The molecule has 7 heteroatoms. The lowest BCUT2D eigenvalue weighted by Gasteiger charge is -2.13. The molecule has 0 saturated heterocycles. The predicted molar refractivity (Wildman–Crippen MR) is 91.4 cm³/mol. The lowest BCUT2D eigenvalue weighted by atomic mass is 10.1. The lowest BCUT2D eigenvalue weighted by molar-refractivity contribution is -0.682. The zero-order valence-corrected chi connectivity index (χ0v) is 14.3. The maximum absolute atomic E-state index is 13.6. The molecule has 0 radical (unpaired) electrons. The van der Waals surface area contributed by atoms with Crippen molar-refractivity contribution in [3.8, 4) is 6.07 Å². The van der Waals surface area contributed by atoms with Crippen LogP contribution in [0.1, 0.15) is 24.1 Å². The van der Waals surface area contributed by atoms with Gasteiger partial charge in [-0.15, -0.1) is 0 Å². The van der Waals surface area contributed by atoms with Crippen molar-refractivity contribution in [1.82, 2.24) is 0 Å². The summed E-state index contributed by atoms with van der Waals surface area (Å²) in [6.07, 6.45) is 0. The third-order valence-corrected chi connectivity index (χ3v) is 4.13. The number of rotatable bonds is 5. The lowest BCUT2D eigenvalue weighted by Crippen LogP contribution is -2.86. The van der Waals surface area contributed by atoms with Gasteiger partial charge >= 0.3 is 0 Å². The van der Waals surface area contributed by atoms with E-state index < -0.39 is 5.82 Å². The van der Waals surface area contributed by atoms with Crippen LogP contribution in [0.4, 0.5) is 10.1 Å². The van der Waals surface area contributed by atoms with Crippen LogP contribution in [-0.4, -0.2) is 12.5 Å². The number of carbonyl (C=O) groups is 1. The van der Waals surface area contributed by atoms with E-state index in [9.17, 15) is 9.18 Å². The van der Waals surface area contributed by atoms with Crippen LogP contribution in [0, 0.1) is 17.1 Å². The molecule has 0 fully saturated rings.